The summed E-state index contributed by atoms with van der Waals surface area (Å²) in [4.78, 5) is 17.3. The van der Waals surface area contributed by atoms with Crippen LogP contribution < -0.4 is 5.32 Å². The Bertz CT molecular complexity index is 1080. The standard InChI is InChI=1S/C25H29FN4O/c1-30-15-22(14-28-30)19-6-7-20-13-27-24(12-21(20)11-19)29-25(31)18-4-2-16(3-5-18)8-17-9-23(26)10-17/h6-7,11-18,23H,2-5,8-10H2,1H3,(H,27,29,31). The third-order valence-corrected chi connectivity index (χ3v) is 7.07. The minimum Gasteiger partial charge on any atom is -0.310 e. The summed E-state index contributed by atoms with van der Waals surface area (Å²) in [5.74, 6) is 1.95. The zero-order valence-corrected chi connectivity index (χ0v) is 17.9. The highest BCUT2D eigenvalue weighted by Crippen LogP contribution is 2.40. The maximum Gasteiger partial charge on any atom is 0.228 e. The molecule has 2 aromatic heterocycles. The van der Waals surface area contributed by atoms with Gasteiger partial charge in [-0.15, -0.1) is 0 Å². The van der Waals surface area contributed by atoms with E-state index in [-0.39, 0.29) is 11.8 Å². The number of hydrogen-bond donors (Lipinski definition) is 1. The van der Waals surface area contributed by atoms with Crippen LogP contribution in [-0.2, 0) is 11.8 Å². The van der Waals surface area contributed by atoms with Gasteiger partial charge in [-0.1, -0.05) is 12.1 Å². The quantitative estimate of drug-likeness (QED) is 0.591. The van der Waals surface area contributed by atoms with Gasteiger partial charge in [-0.25, -0.2) is 9.37 Å². The lowest BCUT2D eigenvalue weighted by atomic mass is 9.72. The lowest BCUT2D eigenvalue weighted by Crippen LogP contribution is -2.31. The van der Waals surface area contributed by atoms with E-state index < -0.39 is 6.17 Å². The number of nitrogens with one attached hydrogen (secondary N) is 1. The number of pyridine rings is 1. The van der Waals surface area contributed by atoms with Gasteiger partial charge in [0.15, 0.2) is 0 Å². The van der Waals surface area contributed by atoms with Crippen LogP contribution in [0.1, 0.15) is 44.9 Å². The molecular weight excluding hydrogens is 391 g/mol. The van der Waals surface area contributed by atoms with Crippen LogP contribution in [0.2, 0.25) is 0 Å². The van der Waals surface area contributed by atoms with Crippen molar-refractivity contribution in [2.75, 3.05) is 5.32 Å². The number of benzene rings is 1. The molecule has 5 rings (SSSR count). The number of alkyl halides is 1. The second kappa shape index (κ2) is 8.40. The number of fused-ring (bicyclic) bond motifs is 1. The topological polar surface area (TPSA) is 59.8 Å². The van der Waals surface area contributed by atoms with E-state index >= 15 is 0 Å². The molecule has 3 aromatic rings. The summed E-state index contributed by atoms with van der Waals surface area (Å²) in [6, 6.07) is 8.17. The summed E-state index contributed by atoms with van der Waals surface area (Å²) in [6.07, 6.45) is 11.7. The monoisotopic (exact) mass is 420 g/mol. The smallest absolute Gasteiger partial charge is 0.228 e. The molecule has 1 aromatic carbocycles. The van der Waals surface area contributed by atoms with Crippen LogP contribution in [0, 0.1) is 17.8 Å². The Hall–Kier alpha value is -2.76. The Labute approximate surface area is 182 Å². The number of hydrogen-bond acceptors (Lipinski definition) is 3. The van der Waals surface area contributed by atoms with Crippen LogP contribution in [0.3, 0.4) is 0 Å². The third-order valence-electron chi connectivity index (χ3n) is 7.07. The maximum absolute atomic E-state index is 13.0. The summed E-state index contributed by atoms with van der Waals surface area (Å²) in [7, 11) is 1.91. The Balaban J connectivity index is 1.21. The first-order chi connectivity index (χ1) is 15.0. The summed E-state index contributed by atoms with van der Waals surface area (Å²) < 4.78 is 14.8. The number of carbonyl (C=O) groups is 1. The van der Waals surface area contributed by atoms with Gasteiger partial charge >= 0.3 is 0 Å². The molecule has 0 atom stereocenters. The molecule has 0 radical (unpaired) electrons. The number of anilines is 1. The van der Waals surface area contributed by atoms with E-state index in [4.69, 9.17) is 0 Å². The molecule has 6 heteroatoms. The lowest BCUT2D eigenvalue weighted by molar-refractivity contribution is -0.121. The van der Waals surface area contributed by atoms with Gasteiger partial charge < -0.3 is 5.32 Å². The normalized spacial score (nSPS) is 25.9. The first-order valence-electron chi connectivity index (χ1n) is 11.4. The van der Waals surface area contributed by atoms with E-state index in [0.717, 1.165) is 66.8 Å². The van der Waals surface area contributed by atoms with Gasteiger partial charge in [0, 0.05) is 36.3 Å². The van der Waals surface area contributed by atoms with Gasteiger partial charge in [0.1, 0.15) is 12.0 Å². The molecule has 0 unspecified atom stereocenters. The number of aromatic nitrogens is 3. The molecule has 31 heavy (non-hydrogen) atoms. The maximum atomic E-state index is 13.0. The van der Waals surface area contributed by atoms with Gasteiger partial charge in [0.05, 0.1) is 6.20 Å². The largest absolute Gasteiger partial charge is 0.310 e. The summed E-state index contributed by atoms with van der Waals surface area (Å²) in [5.41, 5.74) is 2.15. The van der Waals surface area contributed by atoms with Gasteiger partial charge in [0.2, 0.25) is 5.91 Å². The molecule has 0 bridgehead atoms. The molecule has 2 aliphatic carbocycles. The number of rotatable bonds is 5. The van der Waals surface area contributed by atoms with E-state index in [0.29, 0.717) is 17.7 Å². The van der Waals surface area contributed by atoms with Crippen LogP contribution in [0.25, 0.3) is 21.9 Å². The van der Waals surface area contributed by atoms with Crippen molar-refractivity contribution in [2.24, 2.45) is 24.8 Å². The van der Waals surface area contributed by atoms with Gasteiger partial charge in [-0.05, 0) is 79.9 Å². The van der Waals surface area contributed by atoms with E-state index in [2.05, 4.69) is 27.5 Å². The van der Waals surface area contributed by atoms with E-state index in [1.807, 2.05) is 37.8 Å². The highest BCUT2D eigenvalue weighted by Gasteiger charge is 2.33. The van der Waals surface area contributed by atoms with Gasteiger partial charge in [0.25, 0.3) is 0 Å². The zero-order chi connectivity index (χ0) is 21.4. The van der Waals surface area contributed by atoms with Crippen molar-refractivity contribution in [1.82, 2.24) is 14.8 Å². The Kier molecular flexibility index (Phi) is 5.47. The molecule has 2 aliphatic rings. The highest BCUT2D eigenvalue weighted by molar-refractivity contribution is 5.95. The van der Waals surface area contributed by atoms with E-state index in [1.54, 1.807) is 4.68 Å². The Morgan fingerprint density at radius 3 is 2.58 bits per heavy atom. The first kappa shape index (κ1) is 20.2. The van der Waals surface area contributed by atoms with E-state index in [1.165, 1.54) is 0 Å². The van der Waals surface area contributed by atoms with Crippen molar-refractivity contribution >= 4 is 22.5 Å². The SMILES string of the molecule is Cn1cc(-c2ccc3cnc(NC(=O)C4CCC(CC5CC(F)C5)CC4)cc3c2)cn1. The fourth-order valence-corrected chi connectivity index (χ4v) is 5.17. The summed E-state index contributed by atoms with van der Waals surface area (Å²) in [6.45, 7) is 0. The number of aryl methyl sites for hydroxylation is 1. The summed E-state index contributed by atoms with van der Waals surface area (Å²) in [5, 5.41) is 9.36. The predicted octanol–water partition coefficient (Wildman–Crippen LogP) is 5.52. The fourth-order valence-electron chi connectivity index (χ4n) is 5.17. The summed E-state index contributed by atoms with van der Waals surface area (Å²) >= 11 is 0. The van der Waals surface area contributed by atoms with Crippen molar-refractivity contribution < 1.29 is 9.18 Å². The van der Waals surface area contributed by atoms with Crippen LogP contribution in [0.15, 0.2) is 42.9 Å². The molecular formula is C25H29FN4O. The van der Waals surface area contributed by atoms with Crippen LogP contribution in [0.5, 0.6) is 0 Å². The number of carbonyl (C=O) groups excluding carboxylic acids is 1. The van der Waals surface area contributed by atoms with Crippen molar-refractivity contribution in [3.05, 3.63) is 42.9 Å². The molecule has 5 nitrogen and oxygen atoms in total. The van der Waals surface area contributed by atoms with Crippen molar-refractivity contribution in [1.29, 1.82) is 0 Å². The average Bonchev–Trinajstić information content (AvgIpc) is 3.19. The highest BCUT2D eigenvalue weighted by atomic mass is 19.1. The van der Waals surface area contributed by atoms with Crippen LogP contribution >= 0.6 is 0 Å². The Morgan fingerprint density at radius 2 is 1.87 bits per heavy atom. The van der Waals surface area contributed by atoms with Crippen LogP contribution in [-0.4, -0.2) is 26.8 Å². The second-order valence-electron chi connectivity index (χ2n) is 9.41. The lowest BCUT2D eigenvalue weighted by Gasteiger charge is -2.35. The minimum absolute atomic E-state index is 0.0470. The Morgan fingerprint density at radius 1 is 1.06 bits per heavy atom. The zero-order valence-electron chi connectivity index (χ0n) is 17.9. The van der Waals surface area contributed by atoms with Crippen LogP contribution in [0.4, 0.5) is 10.2 Å². The predicted molar refractivity (Wildman–Crippen MR) is 120 cm³/mol. The van der Waals surface area contributed by atoms with Crippen molar-refractivity contribution in [3.8, 4) is 11.1 Å². The molecule has 0 spiro atoms. The van der Waals surface area contributed by atoms with Crippen molar-refractivity contribution in [3.63, 3.8) is 0 Å². The van der Waals surface area contributed by atoms with Crippen molar-refractivity contribution in [2.45, 2.75) is 51.1 Å². The molecule has 0 aliphatic heterocycles. The molecule has 1 N–H and O–H groups in total. The molecule has 162 valence electrons. The van der Waals surface area contributed by atoms with E-state index in [9.17, 15) is 9.18 Å². The third kappa shape index (κ3) is 4.48. The first-order valence-corrected chi connectivity index (χ1v) is 11.4. The molecule has 1 amide bonds. The number of halogens is 1. The van der Waals surface area contributed by atoms with Gasteiger partial charge in [-0.2, -0.15) is 5.10 Å². The fraction of sp³-hybridized carbons (Fsp3) is 0.480. The number of amides is 1. The second-order valence-corrected chi connectivity index (χ2v) is 9.41. The molecule has 0 saturated heterocycles. The minimum atomic E-state index is -0.568. The average molecular weight is 421 g/mol. The number of nitrogens with zero attached hydrogens (tertiary/aromatic N) is 3. The molecule has 2 fully saturated rings. The molecule has 2 heterocycles. The van der Waals surface area contributed by atoms with Gasteiger partial charge in [-0.3, -0.25) is 9.48 Å². The molecule has 2 saturated carbocycles.